The Labute approximate surface area is 109 Å². The molecule has 0 spiro atoms. The second-order valence-corrected chi connectivity index (χ2v) is 6.50. The fourth-order valence-electron chi connectivity index (χ4n) is 2.13. The monoisotopic (exact) mass is 255 g/mol. The van der Waals surface area contributed by atoms with E-state index in [-0.39, 0.29) is 5.41 Å². The summed E-state index contributed by atoms with van der Waals surface area (Å²) < 4.78 is 5.02. The first kappa shape index (κ1) is 14.7. The third kappa shape index (κ3) is 4.41. The van der Waals surface area contributed by atoms with E-state index in [1.54, 1.807) is 7.11 Å². The standard InChI is InChI=1S/C14H25NOS/c1-11-10-12(2)17-13(11)14(3,4)6-7-15-8-9-16-5/h10,15H,6-9H2,1-5H3. The molecule has 0 saturated heterocycles. The Morgan fingerprint density at radius 1 is 1.29 bits per heavy atom. The van der Waals surface area contributed by atoms with Gasteiger partial charge in [-0.15, -0.1) is 11.3 Å². The van der Waals surface area contributed by atoms with Gasteiger partial charge in [-0.05, 0) is 38.4 Å². The third-order valence-electron chi connectivity index (χ3n) is 3.07. The molecule has 17 heavy (non-hydrogen) atoms. The van der Waals surface area contributed by atoms with E-state index in [0.717, 1.165) is 26.1 Å². The molecule has 0 aliphatic carbocycles. The van der Waals surface area contributed by atoms with E-state index >= 15 is 0 Å². The van der Waals surface area contributed by atoms with Crippen LogP contribution in [0.4, 0.5) is 0 Å². The van der Waals surface area contributed by atoms with Gasteiger partial charge in [-0.2, -0.15) is 0 Å². The minimum atomic E-state index is 0.267. The first-order chi connectivity index (χ1) is 7.97. The molecule has 2 nitrogen and oxygen atoms in total. The van der Waals surface area contributed by atoms with Gasteiger partial charge in [-0.1, -0.05) is 13.8 Å². The van der Waals surface area contributed by atoms with E-state index in [0.29, 0.717) is 0 Å². The highest BCUT2D eigenvalue weighted by molar-refractivity contribution is 7.12. The van der Waals surface area contributed by atoms with Crippen LogP contribution in [0.1, 0.15) is 35.6 Å². The molecular weight excluding hydrogens is 230 g/mol. The lowest BCUT2D eigenvalue weighted by molar-refractivity contribution is 0.198. The molecule has 0 saturated carbocycles. The summed E-state index contributed by atoms with van der Waals surface area (Å²) >= 11 is 1.94. The van der Waals surface area contributed by atoms with Crippen molar-refractivity contribution >= 4 is 11.3 Å². The Bertz CT molecular complexity index is 344. The van der Waals surface area contributed by atoms with Gasteiger partial charge in [0.1, 0.15) is 0 Å². The van der Waals surface area contributed by atoms with E-state index in [4.69, 9.17) is 4.74 Å². The number of nitrogens with one attached hydrogen (secondary N) is 1. The average Bonchev–Trinajstić information content (AvgIpc) is 2.58. The molecule has 3 heteroatoms. The lowest BCUT2D eigenvalue weighted by atomic mass is 9.86. The minimum Gasteiger partial charge on any atom is -0.383 e. The molecule has 0 aromatic carbocycles. The smallest absolute Gasteiger partial charge is 0.0587 e. The Hall–Kier alpha value is -0.380. The van der Waals surface area contributed by atoms with Gasteiger partial charge in [-0.3, -0.25) is 0 Å². The zero-order chi connectivity index (χ0) is 12.9. The molecule has 0 radical (unpaired) electrons. The first-order valence-electron chi connectivity index (χ1n) is 6.24. The summed E-state index contributed by atoms with van der Waals surface area (Å²) in [6.45, 7) is 11.9. The molecule has 1 N–H and O–H groups in total. The van der Waals surface area contributed by atoms with Gasteiger partial charge in [0.05, 0.1) is 6.61 Å². The van der Waals surface area contributed by atoms with Crippen molar-refractivity contribution in [3.8, 4) is 0 Å². The lowest BCUT2D eigenvalue weighted by Gasteiger charge is -2.24. The van der Waals surface area contributed by atoms with Crippen molar-refractivity contribution in [2.24, 2.45) is 0 Å². The van der Waals surface area contributed by atoms with Crippen LogP contribution in [0, 0.1) is 13.8 Å². The predicted octanol–water partition coefficient (Wildman–Crippen LogP) is 3.27. The fourth-order valence-corrected chi connectivity index (χ4v) is 3.28. The highest BCUT2D eigenvalue weighted by Gasteiger charge is 2.23. The van der Waals surface area contributed by atoms with Gasteiger partial charge in [0, 0.05) is 28.8 Å². The van der Waals surface area contributed by atoms with Crippen LogP contribution in [-0.4, -0.2) is 26.8 Å². The van der Waals surface area contributed by atoms with E-state index in [1.807, 2.05) is 11.3 Å². The summed E-state index contributed by atoms with van der Waals surface area (Å²) in [5.41, 5.74) is 1.71. The summed E-state index contributed by atoms with van der Waals surface area (Å²) in [6, 6.07) is 2.29. The molecule has 0 unspecified atom stereocenters. The van der Waals surface area contributed by atoms with Crippen molar-refractivity contribution in [1.29, 1.82) is 0 Å². The first-order valence-corrected chi connectivity index (χ1v) is 7.06. The van der Waals surface area contributed by atoms with Crippen LogP contribution < -0.4 is 5.32 Å². The molecule has 1 aromatic heterocycles. The number of ether oxygens (including phenoxy) is 1. The summed E-state index contributed by atoms with van der Waals surface area (Å²) in [7, 11) is 1.74. The van der Waals surface area contributed by atoms with Gasteiger partial charge in [0.15, 0.2) is 0 Å². The van der Waals surface area contributed by atoms with Gasteiger partial charge in [0.2, 0.25) is 0 Å². The number of rotatable bonds is 7. The van der Waals surface area contributed by atoms with Crippen LogP contribution in [0.25, 0.3) is 0 Å². The topological polar surface area (TPSA) is 21.3 Å². The molecule has 0 aliphatic rings. The minimum absolute atomic E-state index is 0.267. The molecule has 98 valence electrons. The molecule has 0 atom stereocenters. The number of aryl methyl sites for hydroxylation is 2. The molecule has 0 aliphatic heterocycles. The fraction of sp³-hybridized carbons (Fsp3) is 0.714. The van der Waals surface area contributed by atoms with Crippen molar-refractivity contribution in [3.05, 3.63) is 21.4 Å². The van der Waals surface area contributed by atoms with Crippen molar-refractivity contribution in [1.82, 2.24) is 5.32 Å². The second kappa shape index (κ2) is 6.53. The van der Waals surface area contributed by atoms with E-state index in [9.17, 15) is 0 Å². The molecule has 1 aromatic rings. The van der Waals surface area contributed by atoms with E-state index in [2.05, 4.69) is 39.1 Å². The quantitative estimate of drug-likeness (QED) is 0.755. The molecule has 0 fully saturated rings. The highest BCUT2D eigenvalue weighted by Crippen LogP contribution is 2.35. The number of hydrogen-bond donors (Lipinski definition) is 1. The van der Waals surface area contributed by atoms with Crippen LogP contribution in [0.3, 0.4) is 0 Å². The van der Waals surface area contributed by atoms with E-state index in [1.165, 1.54) is 15.3 Å². The van der Waals surface area contributed by atoms with Crippen LogP contribution in [0.5, 0.6) is 0 Å². The number of thiophene rings is 1. The maximum absolute atomic E-state index is 5.02. The summed E-state index contributed by atoms with van der Waals surface area (Å²) in [5, 5.41) is 3.42. The summed E-state index contributed by atoms with van der Waals surface area (Å²) in [6.07, 6.45) is 1.16. The van der Waals surface area contributed by atoms with Crippen molar-refractivity contribution in [2.75, 3.05) is 26.8 Å². The van der Waals surface area contributed by atoms with E-state index < -0.39 is 0 Å². The summed E-state index contributed by atoms with van der Waals surface area (Å²) in [5.74, 6) is 0. The lowest BCUT2D eigenvalue weighted by Crippen LogP contribution is -2.27. The Kier molecular flexibility index (Phi) is 5.63. The van der Waals surface area contributed by atoms with Gasteiger partial charge in [-0.25, -0.2) is 0 Å². The zero-order valence-corrected chi connectivity index (χ0v) is 12.5. The number of methoxy groups -OCH3 is 1. The molecule has 0 bridgehead atoms. The Morgan fingerprint density at radius 3 is 2.53 bits per heavy atom. The average molecular weight is 255 g/mol. The third-order valence-corrected chi connectivity index (χ3v) is 4.58. The van der Waals surface area contributed by atoms with Crippen molar-refractivity contribution in [3.63, 3.8) is 0 Å². The van der Waals surface area contributed by atoms with Crippen LogP contribution in [0.2, 0.25) is 0 Å². The summed E-state index contributed by atoms with van der Waals surface area (Å²) in [4.78, 5) is 2.95. The second-order valence-electron chi connectivity index (χ2n) is 5.25. The molecule has 1 rings (SSSR count). The zero-order valence-electron chi connectivity index (χ0n) is 11.7. The van der Waals surface area contributed by atoms with Gasteiger partial charge >= 0.3 is 0 Å². The van der Waals surface area contributed by atoms with Crippen molar-refractivity contribution in [2.45, 2.75) is 39.5 Å². The van der Waals surface area contributed by atoms with Crippen LogP contribution >= 0.6 is 11.3 Å². The SMILES string of the molecule is COCCNCCC(C)(C)c1sc(C)cc1C. The maximum Gasteiger partial charge on any atom is 0.0587 e. The van der Waals surface area contributed by atoms with Crippen LogP contribution in [0.15, 0.2) is 6.07 Å². The van der Waals surface area contributed by atoms with Crippen LogP contribution in [-0.2, 0) is 10.2 Å². The number of hydrogen-bond acceptors (Lipinski definition) is 3. The largest absolute Gasteiger partial charge is 0.383 e. The highest BCUT2D eigenvalue weighted by atomic mass is 32.1. The molecule has 1 heterocycles. The normalized spacial score (nSPS) is 12.1. The molecule has 0 amide bonds. The van der Waals surface area contributed by atoms with Gasteiger partial charge in [0.25, 0.3) is 0 Å². The van der Waals surface area contributed by atoms with Crippen molar-refractivity contribution < 1.29 is 4.74 Å². The Morgan fingerprint density at radius 2 is 2.00 bits per heavy atom. The Balaban J connectivity index is 2.48. The molecular formula is C14H25NOS. The van der Waals surface area contributed by atoms with Gasteiger partial charge < -0.3 is 10.1 Å². The predicted molar refractivity (Wildman–Crippen MR) is 76.2 cm³/mol. The maximum atomic E-state index is 5.02.